The molecule has 6 fully saturated rings. The van der Waals surface area contributed by atoms with Crippen molar-refractivity contribution in [1.82, 2.24) is 15.1 Å². The quantitative estimate of drug-likeness (QED) is 0.269. The molecule has 0 aromatic rings. The lowest BCUT2D eigenvalue weighted by Crippen LogP contribution is -2.52. The summed E-state index contributed by atoms with van der Waals surface area (Å²) in [6, 6.07) is 0.0511. The van der Waals surface area contributed by atoms with Crippen LogP contribution < -0.4 is 5.32 Å². The van der Waals surface area contributed by atoms with E-state index in [0.29, 0.717) is 65.1 Å². The van der Waals surface area contributed by atoms with Crippen molar-refractivity contribution in [3.05, 3.63) is 0 Å². The number of morpholine rings is 3. The zero-order valence-corrected chi connectivity index (χ0v) is 33.8. The van der Waals surface area contributed by atoms with E-state index in [4.69, 9.17) is 42.6 Å². The second kappa shape index (κ2) is 20.6. The Morgan fingerprint density at radius 1 is 0.667 bits per heavy atom. The summed E-state index contributed by atoms with van der Waals surface area (Å²) in [5.74, 6) is -0.687. The average molecular weight is 796 g/mol. The van der Waals surface area contributed by atoms with Crippen LogP contribution in [-0.4, -0.2) is 171 Å². The van der Waals surface area contributed by atoms with E-state index >= 15 is 0 Å². The Morgan fingerprint density at radius 2 is 1.15 bits per heavy atom. The van der Waals surface area contributed by atoms with E-state index in [1.54, 1.807) is 23.6 Å². The van der Waals surface area contributed by atoms with Gasteiger partial charge in [0.15, 0.2) is 0 Å². The van der Waals surface area contributed by atoms with E-state index < -0.39 is 23.3 Å². The molecular weight excluding hydrogens is 734 g/mol. The van der Waals surface area contributed by atoms with Crippen LogP contribution in [0, 0.1) is 0 Å². The molecule has 0 aliphatic carbocycles. The van der Waals surface area contributed by atoms with Gasteiger partial charge in [0.2, 0.25) is 0 Å². The zero-order valence-electron chi connectivity index (χ0n) is 32.9. The highest BCUT2D eigenvalue weighted by Crippen LogP contribution is 2.33. The first-order valence-electron chi connectivity index (χ1n) is 18.7. The van der Waals surface area contributed by atoms with Crippen molar-refractivity contribution in [1.29, 1.82) is 0 Å². The van der Waals surface area contributed by atoms with Gasteiger partial charge in [-0.15, -0.1) is 12.4 Å². The number of hydrogen-bond acceptors (Lipinski definition) is 15. The normalized spacial score (nSPS) is 30.8. The molecule has 6 bridgehead atoms. The van der Waals surface area contributed by atoms with Crippen LogP contribution in [0.5, 0.6) is 0 Å². The highest BCUT2D eigenvalue weighted by molar-refractivity contribution is 5.85. The summed E-state index contributed by atoms with van der Waals surface area (Å²) in [6.45, 7) is 18.4. The Labute approximate surface area is 324 Å². The van der Waals surface area contributed by atoms with Gasteiger partial charge in [-0.2, -0.15) is 0 Å². The first-order chi connectivity index (χ1) is 25.0. The lowest BCUT2D eigenvalue weighted by Gasteiger charge is -2.36. The van der Waals surface area contributed by atoms with Crippen LogP contribution in [0.3, 0.4) is 0 Å². The van der Waals surface area contributed by atoms with E-state index in [0.717, 1.165) is 13.0 Å². The summed E-state index contributed by atoms with van der Waals surface area (Å²) < 4.78 is 47.8. The van der Waals surface area contributed by atoms with Crippen molar-refractivity contribution in [3.63, 3.8) is 0 Å². The lowest BCUT2D eigenvalue weighted by molar-refractivity contribution is -0.152. The Balaban J connectivity index is 0.000000221. The van der Waals surface area contributed by atoms with Gasteiger partial charge in [-0.25, -0.2) is 19.2 Å². The van der Waals surface area contributed by atoms with E-state index in [-0.39, 0.29) is 86.2 Å². The molecular formula is C36H62ClN3O14. The Kier molecular flexibility index (Phi) is 17.5. The van der Waals surface area contributed by atoms with Crippen molar-refractivity contribution in [3.8, 4) is 0 Å². The topological polar surface area (TPSA) is 190 Å². The molecule has 9 unspecified atom stereocenters. The molecule has 0 radical (unpaired) electrons. The minimum absolute atomic E-state index is 0. The number of carbonyl (C=O) groups excluding carboxylic acids is 4. The number of hydrogen-bond donors (Lipinski definition) is 2. The number of amides is 2. The van der Waals surface area contributed by atoms with E-state index in [9.17, 15) is 24.3 Å². The summed E-state index contributed by atoms with van der Waals surface area (Å²) in [5.41, 5.74) is -1.05. The SMILES string of the molecule is CC(C)(C)OC(=O)N1C2COCC1C(O)C2.CCOC(=O)COC1CC2COCC1N2.CCOC(=O)COC1CC2COCC1N2C(=O)OC(C)(C)C.Cl. The van der Waals surface area contributed by atoms with Gasteiger partial charge in [0.25, 0.3) is 0 Å². The van der Waals surface area contributed by atoms with Crippen molar-refractivity contribution >= 4 is 36.5 Å². The number of nitrogens with zero attached hydrogens (tertiary/aromatic N) is 2. The predicted octanol–water partition coefficient (Wildman–Crippen LogP) is 2.22. The molecule has 2 amide bonds. The van der Waals surface area contributed by atoms with Crippen LogP contribution in [0.1, 0.15) is 74.7 Å². The number of carbonyl (C=O) groups is 4. The second-order valence-corrected chi connectivity index (χ2v) is 15.9. The number of halogens is 1. The fourth-order valence-corrected chi connectivity index (χ4v) is 7.17. The Morgan fingerprint density at radius 3 is 1.65 bits per heavy atom. The fraction of sp³-hybridized carbons (Fsp3) is 0.889. The summed E-state index contributed by atoms with van der Waals surface area (Å²) in [5, 5.41) is 13.2. The molecule has 6 saturated heterocycles. The van der Waals surface area contributed by atoms with E-state index in [1.807, 2.05) is 41.5 Å². The van der Waals surface area contributed by atoms with Crippen molar-refractivity contribution in [2.45, 2.75) is 140 Å². The smallest absolute Gasteiger partial charge is 0.411 e. The number of esters is 2. The fourth-order valence-electron chi connectivity index (χ4n) is 7.17. The molecule has 0 saturated carbocycles. The Hall–Kier alpha value is -2.51. The molecule has 0 aromatic carbocycles. The average Bonchev–Trinajstić information content (AvgIpc) is 3.55. The summed E-state index contributed by atoms with van der Waals surface area (Å²) >= 11 is 0. The van der Waals surface area contributed by atoms with Gasteiger partial charge in [0.05, 0.1) is 101 Å². The van der Waals surface area contributed by atoms with Crippen LogP contribution in [0.2, 0.25) is 0 Å². The Bertz CT molecular complexity index is 1230. The number of ether oxygens (including phenoxy) is 9. The number of fused-ring (bicyclic) bond motifs is 6. The van der Waals surface area contributed by atoms with E-state index in [1.165, 1.54) is 0 Å². The van der Waals surface area contributed by atoms with Gasteiger partial charge in [0, 0.05) is 6.04 Å². The monoisotopic (exact) mass is 795 g/mol. The van der Waals surface area contributed by atoms with Crippen molar-refractivity contribution in [2.24, 2.45) is 0 Å². The van der Waals surface area contributed by atoms with Crippen LogP contribution in [0.25, 0.3) is 0 Å². The molecule has 6 rings (SSSR count). The maximum absolute atomic E-state index is 12.4. The number of aliphatic hydroxyl groups excluding tert-OH is 1. The highest BCUT2D eigenvalue weighted by atomic mass is 35.5. The molecule has 6 aliphatic rings. The third-order valence-corrected chi connectivity index (χ3v) is 9.27. The summed E-state index contributed by atoms with van der Waals surface area (Å²) in [7, 11) is 0. The third kappa shape index (κ3) is 13.3. The van der Waals surface area contributed by atoms with Crippen molar-refractivity contribution < 1.29 is 66.9 Å². The molecule has 9 atom stereocenters. The molecule has 0 spiro atoms. The van der Waals surface area contributed by atoms with Gasteiger partial charge < -0.3 is 53.1 Å². The second-order valence-electron chi connectivity index (χ2n) is 15.9. The maximum Gasteiger partial charge on any atom is 0.411 e. The first-order valence-corrected chi connectivity index (χ1v) is 18.7. The summed E-state index contributed by atoms with van der Waals surface area (Å²) in [4.78, 5) is 50.2. The molecule has 0 aromatic heterocycles. The molecule has 18 heteroatoms. The molecule has 312 valence electrons. The lowest BCUT2D eigenvalue weighted by atomic mass is 10.1. The first kappa shape index (κ1) is 45.9. The summed E-state index contributed by atoms with van der Waals surface area (Å²) in [6.07, 6.45) is 0.818. The van der Waals surface area contributed by atoms with Gasteiger partial charge in [-0.3, -0.25) is 9.80 Å². The standard InChI is InChI=1S/C15H25NO6.C11H19NO4.C10H17NO4.ClH/c1-5-20-13(17)9-21-12-6-10-7-19-8-11(12)16(10)14(18)22-15(2,3)4;1-11(2,3)16-10(14)12-7-4-9(13)8(12)6-15-5-7;1-2-14-10(12)6-15-9-3-7-4-13-5-8(9)11-7;/h10-12H,5-9H2,1-4H3;7-9,13H,4-6H2,1-3H3;7-9,11H,2-6H2,1H3;1H. The van der Waals surface area contributed by atoms with Crippen LogP contribution in [0.15, 0.2) is 0 Å². The molecule has 6 aliphatic heterocycles. The predicted molar refractivity (Wildman–Crippen MR) is 194 cm³/mol. The molecule has 54 heavy (non-hydrogen) atoms. The van der Waals surface area contributed by atoms with Gasteiger partial charge in [-0.05, 0) is 74.7 Å². The van der Waals surface area contributed by atoms with Gasteiger partial charge >= 0.3 is 24.1 Å². The largest absolute Gasteiger partial charge is 0.464 e. The maximum atomic E-state index is 12.4. The minimum Gasteiger partial charge on any atom is -0.464 e. The van der Waals surface area contributed by atoms with Crippen LogP contribution in [0.4, 0.5) is 9.59 Å². The highest BCUT2D eigenvalue weighted by Gasteiger charge is 2.50. The van der Waals surface area contributed by atoms with Gasteiger partial charge in [0.1, 0.15) is 24.4 Å². The van der Waals surface area contributed by atoms with Gasteiger partial charge in [-0.1, -0.05) is 0 Å². The molecule has 6 heterocycles. The van der Waals surface area contributed by atoms with Crippen LogP contribution in [-0.2, 0) is 52.2 Å². The number of aliphatic hydroxyl groups is 1. The zero-order chi connectivity index (χ0) is 38.9. The third-order valence-electron chi connectivity index (χ3n) is 9.27. The number of rotatable bonds is 8. The van der Waals surface area contributed by atoms with Crippen LogP contribution >= 0.6 is 12.4 Å². The molecule has 2 N–H and O–H groups in total. The van der Waals surface area contributed by atoms with Crippen molar-refractivity contribution in [2.75, 3.05) is 66.1 Å². The molecule has 17 nitrogen and oxygen atoms in total. The van der Waals surface area contributed by atoms with E-state index in [2.05, 4.69) is 5.32 Å². The minimum atomic E-state index is -0.546. The number of nitrogens with one attached hydrogen (secondary N) is 1.